The molecule has 1 aromatic heterocycles. The third kappa shape index (κ3) is 3.03. The van der Waals surface area contributed by atoms with Crippen LogP contribution < -0.4 is 5.69 Å². The fourth-order valence-corrected chi connectivity index (χ4v) is 1.55. The molecule has 1 rings (SSSR count). The maximum atomic E-state index is 11.9. The minimum Gasteiger partial charge on any atom is -0.493 e. The lowest BCUT2D eigenvalue weighted by molar-refractivity contribution is -0.136. The van der Waals surface area contributed by atoms with Gasteiger partial charge in [-0.25, -0.2) is 9.59 Å². The molecule has 1 N–H and O–H groups in total. The van der Waals surface area contributed by atoms with E-state index in [2.05, 4.69) is 11.3 Å². The number of methoxy groups -OCH3 is 1. The van der Waals surface area contributed by atoms with Crippen molar-refractivity contribution in [3.05, 3.63) is 28.8 Å². The van der Waals surface area contributed by atoms with Crippen molar-refractivity contribution in [2.45, 2.75) is 32.9 Å². The molecule has 6 nitrogen and oxygen atoms in total. The smallest absolute Gasteiger partial charge is 0.334 e. The van der Waals surface area contributed by atoms with Crippen molar-refractivity contribution in [1.82, 2.24) is 9.13 Å². The zero-order valence-corrected chi connectivity index (χ0v) is 10.7. The number of carbonyl (C=O) groups excluding carboxylic acids is 1. The zero-order chi connectivity index (χ0) is 13.7. The second-order valence-electron chi connectivity index (χ2n) is 4.00. The summed E-state index contributed by atoms with van der Waals surface area (Å²) in [7, 11) is 1.24. The third-order valence-corrected chi connectivity index (χ3v) is 2.60. The quantitative estimate of drug-likeness (QED) is 0.604. The molecule has 18 heavy (non-hydrogen) atoms. The molecule has 6 heteroatoms. The number of carbonyl (C=O) groups is 1. The van der Waals surface area contributed by atoms with Crippen LogP contribution in [0.25, 0.3) is 0 Å². The standard InChI is InChI=1S/C12H18N2O4/c1-4-5-6-13-8-10(15)14(12(13)17)7-9(2)11(16)18-3/h8,15H,2,4-7H2,1,3H3. The van der Waals surface area contributed by atoms with E-state index in [0.29, 0.717) is 6.54 Å². The van der Waals surface area contributed by atoms with Gasteiger partial charge in [0.05, 0.1) is 19.9 Å². The van der Waals surface area contributed by atoms with E-state index in [0.717, 1.165) is 17.4 Å². The SMILES string of the molecule is C=C(Cn1c(O)cn(CCCC)c1=O)C(=O)OC. The van der Waals surface area contributed by atoms with Gasteiger partial charge in [-0.2, -0.15) is 0 Å². The van der Waals surface area contributed by atoms with Gasteiger partial charge in [0.15, 0.2) is 0 Å². The van der Waals surface area contributed by atoms with Crippen molar-refractivity contribution in [3.8, 4) is 5.88 Å². The number of unbranched alkanes of at least 4 members (excludes halogenated alkanes) is 1. The molecule has 0 saturated carbocycles. The monoisotopic (exact) mass is 254 g/mol. The Balaban J connectivity index is 2.90. The number of hydrogen-bond donors (Lipinski definition) is 1. The highest BCUT2D eigenvalue weighted by atomic mass is 16.5. The van der Waals surface area contributed by atoms with Gasteiger partial charge >= 0.3 is 11.7 Å². The number of esters is 1. The van der Waals surface area contributed by atoms with E-state index < -0.39 is 5.97 Å². The summed E-state index contributed by atoms with van der Waals surface area (Å²) in [5, 5.41) is 9.66. The van der Waals surface area contributed by atoms with Gasteiger partial charge < -0.3 is 9.84 Å². The first-order valence-corrected chi connectivity index (χ1v) is 5.76. The van der Waals surface area contributed by atoms with E-state index in [1.807, 2.05) is 6.92 Å². The lowest BCUT2D eigenvalue weighted by atomic mass is 10.3. The minimum absolute atomic E-state index is 0.0730. The van der Waals surface area contributed by atoms with Crippen LogP contribution >= 0.6 is 0 Å². The molecule has 0 atom stereocenters. The van der Waals surface area contributed by atoms with Crippen LogP contribution in [-0.2, 0) is 22.6 Å². The largest absolute Gasteiger partial charge is 0.493 e. The van der Waals surface area contributed by atoms with Gasteiger partial charge in [-0.1, -0.05) is 19.9 Å². The summed E-state index contributed by atoms with van der Waals surface area (Å²) >= 11 is 0. The van der Waals surface area contributed by atoms with Crippen LogP contribution in [0.1, 0.15) is 19.8 Å². The number of nitrogens with zero attached hydrogens (tertiary/aromatic N) is 2. The summed E-state index contributed by atoms with van der Waals surface area (Å²) < 4.78 is 7.01. The third-order valence-electron chi connectivity index (χ3n) is 2.60. The first-order chi connectivity index (χ1) is 8.51. The van der Waals surface area contributed by atoms with Crippen LogP contribution in [0.2, 0.25) is 0 Å². The molecule has 1 aromatic rings. The molecule has 0 aliphatic heterocycles. The Bertz CT molecular complexity index is 499. The molecule has 1 heterocycles. The normalized spacial score (nSPS) is 10.3. The Morgan fingerprint density at radius 2 is 2.22 bits per heavy atom. The second-order valence-corrected chi connectivity index (χ2v) is 4.00. The Kier molecular flexibility index (Phi) is 4.76. The summed E-state index contributed by atoms with van der Waals surface area (Å²) in [6.45, 7) is 6.00. The Hall–Kier alpha value is -1.98. The van der Waals surface area contributed by atoms with Crippen molar-refractivity contribution >= 4 is 5.97 Å². The number of hydrogen-bond acceptors (Lipinski definition) is 4. The molecule has 0 amide bonds. The van der Waals surface area contributed by atoms with E-state index in [1.54, 1.807) is 0 Å². The van der Waals surface area contributed by atoms with Crippen molar-refractivity contribution < 1.29 is 14.6 Å². The van der Waals surface area contributed by atoms with Crippen LogP contribution in [0.3, 0.4) is 0 Å². The summed E-state index contributed by atoms with van der Waals surface area (Å²) in [6.07, 6.45) is 3.16. The molecule has 0 spiro atoms. The van der Waals surface area contributed by atoms with Crippen LogP contribution in [0.4, 0.5) is 0 Å². The molecular formula is C12H18N2O4. The van der Waals surface area contributed by atoms with Gasteiger partial charge in [-0.15, -0.1) is 0 Å². The number of aryl methyl sites for hydroxylation is 1. The first-order valence-electron chi connectivity index (χ1n) is 5.76. The zero-order valence-electron chi connectivity index (χ0n) is 10.7. The predicted molar refractivity (Wildman–Crippen MR) is 66.4 cm³/mol. The molecule has 0 fully saturated rings. The number of ether oxygens (including phenoxy) is 1. The second kappa shape index (κ2) is 6.09. The maximum absolute atomic E-state index is 11.9. The number of aromatic nitrogens is 2. The summed E-state index contributed by atoms with van der Waals surface area (Å²) in [5.41, 5.74) is -0.242. The molecule has 0 saturated heterocycles. The molecule has 0 unspecified atom stereocenters. The Morgan fingerprint density at radius 1 is 1.56 bits per heavy atom. The van der Waals surface area contributed by atoms with E-state index in [1.165, 1.54) is 17.9 Å². The Labute approximate surface area is 105 Å². The molecule has 0 aliphatic carbocycles. The molecule has 0 aliphatic rings. The molecule has 0 aromatic carbocycles. The minimum atomic E-state index is -0.595. The van der Waals surface area contributed by atoms with Gasteiger partial charge in [-0.3, -0.25) is 9.13 Å². The highest BCUT2D eigenvalue weighted by Gasteiger charge is 2.14. The van der Waals surface area contributed by atoms with Crippen molar-refractivity contribution in [3.63, 3.8) is 0 Å². The highest BCUT2D eigenvalue weighted by Crippen LogP contribution is 2.09. The van der Waals surface area contributed by atoms with Gasteiger partial charge in [0.25, 0.3) is 0 Å². The summed E-state index contributed by atoms with van der Waals surface area (Å²) in [4.78, 5) is 23.1. The summed E-state index contributed by atoms with van der Waals surface area (Å²) in [5.74, 6) is -0.774. The summed E-state index contributed by atoms with van der Waals surface area (Å²) in [6, 6.07) is 0. The van der Waals surface area contributed by atoms with Gasteiger partial charge in [0.1, 0.15) is 0 Å². The van der Waals surface area contributed by atoms with Gasteiger partial charge in [0, 0.05) is 12.1 Å². The first kappa shape index (κ1) is 14.1. The average molecular weight is 254 g/mol. The molecular weight excluding hydrogens is 236 g/mol. The fourth-order valence-electron chi connectivity index (χ4n) is 1.55. The van der Waals surface area contributed by atoms with Crippen LogP contribution in [0.15, 0.2) is 23.1 Å². The van der Waals surface area contributed by atoms with Crippen LogP contribution in [-0.4, -0.2) is 27.3 Å². The number of imidazole rings is 1. The molecule has 0 bridgehead atoms. The van der Waals surface area contributed by atoms with Gasteiger partial charge in [-0.05, 0) is 6.42 Å². The highest BCUT2D eigenvalue weighted by molar-refractivity contribution is 5.87. The predicted octanol–water partition coefficient (Wildman–Crippen LogP) is 0.885. The number of rotatable bonds is 6. The Morgan fingerprint density at radius 3 is 2.78 bits per heavy atom. The number of aromatic hydroxyl groups is 1. The van der Waals surface area contributed by atoms with E-state index in [4.69, 9.17) is 0 Å². The van der Waals surface area contributed by atoms with E-state index in [9.17, 15) is 14.7 Å². The van der Waals surface area contributed by atoms with Crippen molar-refractivity contribution in [2.24, 2.45) is 0 Å². The lowest BCUT2D eigenvalue weighted by Gasteiger charge is -2.04. The molecule has 0 radical (unpaired) electrons. The topological polar surface area (TPSA) is 73.5 Å². The lowest BCUT2D eigenvalue weighted by Crippen LogP contribution is -2.26. The van der Waals surface area contributed by atoms with Crippen molar-refractivity contribution in [1.29, 1.82) is 0 Å². The maximum Gasteiger partial charge on any atom is 0.334 e. The van der Waals surface area contributed by atoms with E-state index >= 15 is 0 Å². The van der Waals surface area contributed by atoms with Crippen LogP contribution in [0, 0.1) is 0 Å². The van der Waals surface area contributed by atoms with E-state index in [-0.39, 0.29) is 23.7 Å². The molecule has 100 valence electrons. The van der Waals surface area contributed by atoms with Crippen LogP contribution in [0.5, 0.6) is 5.88 Å². The average Bonchev–Trinajstić information content (AvgIpc) is 2.62. The fraction of sp³-hybridized carbons (Fsp3) is 0.500. The van der Waals surface area contributed by atoms with Crippen molar-refractivity contribution in [2.75, 3.05) is 7.11 Å². The van der Waals surface area contributed by atoms with Gasteiger partial charge in [0.2, 0.25) is 5.88 Å².